The van der Waals surface area contributed by atoms with Gasteiger partial charge in [-0.25, -0.2) is 0 Å². The molecule has 0 saturated carbocycles. The van der Waals surface area contributed by atoms with Crippen LogP contribution in [0.2, 0.25) is 5.02 Å². The van der Waals surface area contributed by atoms with E-state index in [-0.39, 0.29) is 5.91 Å². The number of hydrogen-bond acceptors (Lipinski definition) is 2. The van der Waals surface area contributed by atoms with Gasteiger partial charge in [0.05, 0.1) is 0 Å². The third kappa shape index (κ3) is 3.88. The van der Waals surface area contributed by atoms with Gasteiger partial charge in [0.15, 0.2) is 0 Å². The molecule has 3 rings (SSSR count). The smallest absolute Gasteiger partial charge is 0.256 e. The topological polar surface area (TPSA) is 32.3 Å². The highest BCUT2D eigenvalue weighted by atomic mass is 35.5. The van der Waals surface area contributed by atoms with E-state index in [0.717, 1.165) is 42.7 Å². The highest BCUT2D eigenvalue weighted by Crippen LogP contribution is 2.35. The number of amides is 1. The van der Waals surface area contributed by atoms with Crippen molar-refractivity contribution in [1.82, 2.24) is 0 Å². The summed E-state index contributed by atoms with van der Waals surface area (Å²) in [6.45, 7) is 6.51. The molecular formula is C21H23ClN2O. The number of carbonyl (C=O) groups is 1. The maximum absolute atomic E-state index is 12.3. The van der Waals surface area contributed by atoms with Gasteiger partial charge in [0.1, 0.15) is 0 Å². The molecule has 0 bridgehead atoms. The second-order valence-electron chi connectivity index (χ2n) is 6.28. The molecule has 0 spiro atoms. The largest absolute Gasteiger partial charge is 0.372 e. The van der Waals surface area contributed by atoms with Gasteiger partial charge < -0.3 is 10.2 Å². The molecule has 2 aromatic carbocycles. The second-order valence-corrected chi connectivity index (χ2v) is 6.72. The van der Waals surface area contributed by atoms with E-state index in [4.69, 9.17) is 11.6 Å². The first kappa shape index (κ1) is 17.6. The van der Waals surface area contributed by atoms with Crippen molar-refractivity contribution in [3.8, 4) is 0 Å². The van der Waals surface area contributed by atoms with Crippen molar-refractivity contribution in [2.24, 2.45) is 0 Å². The molecule has 2 aromatic rings. The summed E-state index contributed by atoms with van der Waals surface area (Å²) in [4.78, 5) is 14.7. The fourth-order valence-corrected chi connectivity index (χ4v) is 3.33. The molecule has 1 aliphatic rings. The summed E-state index contributed by atoms with van der Waals surface area (Å²) >= 11 is 6.08. The average Bonchev–Trinajstić information content (AvgIpc) is 2.91. The number of nitrogens with zero attached hydrogens (tertiary/aromatic N) is 1. The molecule has 1 amide bonds. The van der Waals surface area contributed by atoms with Crippen LogP contribution in [-0.2, 0) is 4.79 Å². The van der Waals surface area contributed by atoms with Gasteiger partial charge in [-0.3, -0.25) is 4.79 Å². The van der Waals surface area contributed by atoms with E-state index in [1.165, 1.54) is 5.69 Å². The summed E-state index contributed by atoms with van der Waals surface area (Å²) in [5.74, 6) is -0.0834. The Hall–Kier alpha value is -2.26. The van der Waals surface area contributed by atoms with Crippen LogP contribution in [0.1, 0.15) is 37.8 Å². The minimum absolute atomic E-state index is 0.0834. The van der Waals surface area contributed by atoms with E-state index >= 15 is 0 Å². The number of fused-ring (bicyclic) bond motifs is 1. The van der Waals surface area contributed by atoms with Crippen LogP contribution in [-0.4, -0.2) is 19.0 Å². The third-order valence-electron chi connectivity index (χ3n) is 4.32. The Labute approximate surface area is 154 Å². The Balaban J connectivity index is 1.87. The first-order valence-corrected chi connectivity index (χ1v) is 9.18. The van der Waals surface area contributed by atoms with Crippen LogP contribution in [0.25, 0.3) is 11.6 Å². The number of hydrogen-bond donors (Lipinski definition) is 1. The standard InChI is InChI=1S/C21H23ClN2O/c1-3-11-24(12-4-2)17-8-5-15(6-9-17)13-19-18-14-16(22)7-10-20(18)23-21(19)25/h5-10,13-14H,3-4,11-12H2,1-2H3,(H,23,25). The van der Waals surface area contributed by atoms with E-state index in [2.05, 4.69) is 48.3 Å². The number of rotatable bonds is 6. The number of anilines is 2. The first-order chi connectivity index (χ1) is 12.1. The van der Waals surface area contributed by atoms with Gasteiger partial charge >= 0.3 is 0 Å². The summed E-state index contributed by atoms with van der Waals surface area (Å²) in [5, 5.41) is 3.51. The lowest BCUT2D eigenvalue weighted by atomic mass is 10.0. The molecular weight excluding hydrogens is 332 g/mol. The third-order valence-corrected chi connectivity index (χ3v) is 4.56. The molecule has 25 heavy (non-hydrogen) atoms. The lowest BCUT2D eigenvalue weighted by molar-refractivity contribution is -0.110. The maximum atomic E-state index is 12.3. The van der Waals surface area contributed by atoms with E-state index in [1.807, 2.05) is 18.2 Å². The number of carbonyl (C=O) groups excluding carboxylic acids is 1. The molecule has 0 aromatic heterocycles. The summed E-state index contributed by atoms with van der Waals surface area (Å²) in [6.07, 6.45) is 4.18. The molecule has 1 N–H and O–H groups in total. The van der Waals surface area contributed by atoms with Crippen LogP contribution >= 0.6 is 11.6 Å². The van der Waals surface area contributed by atoms with Crippen LogP contribution in [0.5, 0.6) is 0 Å². The second kappa shape index (κ2) is 7.75. The van der Waals surface area contributed by atoms with E-state index in [1.54, 1.807) is 6.07 Å². The molecule has 0 unspecified atom stereocenters. The monoisotopic (exact) mass is 354 g/mol. The van der Waals surface area contributed by atoms with Crippen molar-refractivity contribution in [2.75, 3.05) is 23.3 Å². The number of benzene rings is 2. The molecule has 130 valence electrons. The molecule has 0 radical (unpaired) electrons. The summed E-state index contributed by atoms with van der Waals surface area (Å²) in [5.41, 5.74) is 4.57. The predicted molar refractivity (Wildman–Crippen MR) is 107 cm³/mol. The Morgan fingerprint density at radius 3 is 2.36 bits per heavy atom. The Morgan fingerprint density at radius 2 is 1.72 bits per heavy atom. The quantitative estimate of drug-likeness (QED) is 0.698. The van der Waals surface area contributed by atoms with Crippen molar-refractivity contribution in [3.63, 3.8) is 0 Å². The summed E-state index contributed by atoms with van der Waals surface area (Å²) in [6, 6.07) is 13.8. The van der Waals surface area contributed by atoms with Crippen molar-refractivity contribution in [1.29, 1.82) is 0 Å². The number of nitrogens with one attached hydrogen (secondary N) is 1. The first-order valence-electron chi connectivity index (χ1n) is 8.80. The average molecular weight is 355 g/mol. The zero-order chi connectivity index (χ0) is 17.8. The fraction of sp³-hybridized carbons (Fsp3) is 0.286. The van der Waals surface area contributed by atoms with Gasteiger partial charge in [0.25, 0.3) is 5.91 Å². The Kier molecular flexibility index (Phi) is 5.44. The van der Waals surface area contributed by atoms with Gasteiger partial charge in [0.2, 0.25) is 0 Å². The van der Waals surface area contributed by atoms with Gasteiger partial charge in [-0.1, -0.05) is 37.6 Å². The molecule has 0 saturated heterocycles. The van der Waals surface area contributed by atoms with Crippen LogP contribution in [0.3, 0.4) is 0 Å². The Morgan fingerprint density at radius 1 is 1.04 bits per heavy atom. The van der Waals surface area contributed by atoms with Crippen LogP contribution in [0.15, 0.2) is 42.5 Å². The zero-order valence-electron chi connectivity index (χ0n) is 14.7. The van der Waals surface area contributed by atoms with Gasteiger partial charge in [-0.15, -0.1) is 0 Å². The molecule has 0 aliphatic carbocycles. The molecule has 0 atom stereocenters. The molecule has 0 fully saturated rings. The predicted octanol–water partition coefficient (Wildman–Crippen LogP) is 5.46. The normalized spacial score (nSPS) is 14.5. The fourth-order valence-electron chi connectivity index (χ4n) is 3.16. The van der Waals surface area contributed by atoms with Crippen LogP contribution in [0, 0.1) is 0 Å². The highest BCUT2D eigenvalue weighted by molar-refractivity contribution is 6.36. The SMILES string of the molecule is CCCN(CCC)c1ccc(C=C2C(=O)Nc3ccc(Cl)cc32)cc1. The molecule has 3 nitrogen and oxygen atoms in total. The van der Waals surface area contributed by atoms with E-state index in [9.17, 15) is 4.79 Å². The van der Waals surface area contributed by atoms with Crippen molar-refractivity contribution in [2.45, 2.75) is 26.7 Å². The summed E-state index contributed by atoms with van der Waals surface area (Å²) < 4.78 is 0. The molecule has 1 aliphatic heterocycles. The minimum atomic E-state index is -0.0834. The van der Waals surface area contributed by atoms with Crippen molar-refractivity contribution < 1.29 is 4.79 Å². The van der Waals surface area contributed by atoms with E-state index in [0.29, 0.717) is 10.6 Å². The summed E-state index contributed by atoms with van der Waals surface area (Å²) in [7, 11) is 0. The van der Waals surface area contributed by atoms with Crippen LogP contribution < -0.4 is 10.2 Å². The lowest BCUT2D eigenvalue weighted by Crippen LogP contribution is -2.24. The van der Waals surface area contributed by atoms with Gasteiger partial charge in [0, 0.05) is 40.6 Å². The van der Waals surface area contributed by atoms with E-state index < -0.39 is 0 Å². The Bertz CT molecular complexity index is 790. The van der Waals surface area contributed by atoms with Gasteiger partial charge in [-0.05, 0) is 54.8 Å². The zero-order valence-corrected chi connectivity index (χ0v) is 15.4. The van der Waals surface area contributed by atoms with Crippen molar-refractivity contribution >= 4 is 40.5 Å². The maximum Gasteiger partial charge on any atom is 0.256 e. The highest BCUT2D eigenvalue weighted by Gasteiger charge is 2.24. The molecule has 4 heteroatoms. The minimum Gasteiger partial charge on any atom is -0.372 e. The molecule has 1 heterocycles. The van der Waals surface area contributed by atoms with Crippen LogP contribution in [0.4, 0.5) is 11.4 Å². The number of halogens is 1. The lowest BCUT2D eigenvalue weighted by Gasteiger charge is -2.23. The van der Waals surface area contributed by atoms with Crippen molar-refractivity contribution in [3.05, 3.63) is 58.6 Å². The van der Waals surface area contributed by atoms with Gasteiger partial charge in [-0.2, -0.15) is 0 Å².